The Morgan fingerprint density at radius 3 is 2.25 bits per heavy atom. The lowest BCUT2D eigenvalue weighted by Crippen LogP contribution is -2.48. The summed E-state index contributed by atoms with van der Waals surface area (Å²) >= 11 is 0. The van der Waals surface area contributed by atoms with Crippen molar-refractivity contribution >= 4 is 0 Å². The van der Waals surface area contributed by atoms with E-state index in [0.29, 0.717) is 32.0 Å². The van der Waals surface area contributed by atoms with Gasteiger partial charge in [-0.2, -0.15) is 13.2 Å². The van der Waals surface area contributed by atoms with E-state index in [-0.39, 0.29) is 6.04 Å². The molecule has 3 rings (SSSR count). The summed E-state index contributed by atoms with van der Waals surface area (Å²) in [6, 6.07) is 0.873. The van der Waals surface area contributed by atoms with Crippen molar-refractivity contribution in [3.05, 3.63) is 0 Å². The van der Waals surface area contributed by atoms with E-state index in [1.165, 1.54) is 12.8 Å². The first-order chi connectivity index (χ1) is 7.51. The third kappa shape index (κ3) is 1.74. The zero-order chi connectivity index (χ0) is 11.4. The maximum Gasteiger partial charge on any atom is 0.406 e. The van der Waals surface area contributed by atoms with Gasteiger partial charge in [0.15, 0.2) is 0 Å². The van der Waals surface area contributed by atoms with Crippen molar-refractivity contribution in [2.75, 3.05) is 13.1 Å². The summed E-state index contributed by atoms with van der Waals surface area (Å²) in [4.78, 5) is 1.66. The van der Waals surface area contributed by atoms with Crippen LogP contribution in [0.2, 0.25) is 0 Å². The molecule has 0 aromatic rings. The predicted octanol–water partition coefficient (Wildman–Crippen LogP) is 1.91. The van der Waals surface area contributed by atoms with Gasteiger partial charge in [-0.1, -0.05) is 0 Å². The van der Waals surface area contributed by atoms with Crippen molar-refractivity contribution < 1.29 is 13.2 Å². The minimum Gasteiger partial charge on any atom is -0.310 e. The van der Waals surface area contributed by atoms with E-state index in [9.17, 15) is 13.2 Å². The molecule has 0 radical (unpaired) electrons. The Labute approximate surface area is 93.2 Å². The van der Waals surface area contributed by atoms with Crippen LogP contribution in [0, 0.1) is 0 Å². The van der Waals surface area contributed by atoms with Crippen molar-refractivity contribution in [1.29, 1.82) is 0 Å². The summed E-state index contributed by atoms with van der Waals surface area (Å²) in [6.07, 6.45) is -0.184. The number of hydrogen-bond donors (Lipinski definition) is 1. The fourth-order valence-corrected chi connectivity index (χ4v) is 2.77. The number of nitrogens with one attached hydrogen (secondary N) is 1. The summed E-state index contributed by atoms with van der Waals surface area (Å²) in [5.74, 6) is 0. The minimum absolute atomic E-state index is 0.285. The quantitative estimate of drug-likeness (QED) is 0.802. The fourth-order valence-electron chi connectivity index (χ4n) is 2.77. The molecule has 1 unspecified atom stereocenters. The van der Waals surface area contributed by atoms with Crippen LogP contribution in [0.1, 0.15) is 32.1 Å². The van der Waals surface area contributed by atoms with Crippen LogP contribution >= 0.6 is 0 Å². The highest BCUT2D eigenvalue weighted by atomic mass is 19.4. The van der Waals surface area contributed by atoms with Gasteiger partial charge in [0.2, 0.25) is 0 Å². The van der Waals surface area contributed by atoms with E-state index >= 15 is 0 Å². The zero-order valence-corrected chi connectivity index (χ0v) is 9.19. The summed E-state index contributed by atoms with van der Waals surface area (Å²) in [5, 5.41) is 3.43. The molecular weight excluding hydrogens is 217 g/mol. The normalized spacial score (nSPS) is 34.3. The van der Waals surface area contributed by atoms with Gasteiger partial charge in [-0.15, -0.1) is 0 Å². The Balaban J connectivity index is 1.60. The molecule has 1 N–H and O–H groups in total. The Bertz CT molecular complexity index is 281. The van der Waals surface area contributed by atoms with Crippen LogP contribution in [0.25, 0.3) is 0 Å². The Kier molecular flexibility index (Phi) is 2.27. The number of alkyl halides is 3. The van der Waals surface area contributed by atoms with Crippen LogP contribution in [-0.4, -0.2) is 41.8 Å². The van der Waals surface area contributed by atoms with Gasteiger partial charge in [0.25, 0.3) is 0 Å². The van der Waals surface area contributed by atoms with E-state index in [0.717, 1.165) is 6.42 Å². The van der Waals surface area contributed by atoms with Crippen LogP contribution < -0.4 is 5.32 Å². The Morgan fingerprint density at radius 2 is 1.75 bits per heavy atom. The average molecular weight is 234 g/mol. The molecule has 3 aliphatic rings. The molecule has 0 aromatic heterocycles. The number of likely N-dealkylation sites (tertiary alicyclic amines) is 1. The van der Waals surface area contributed by atoms with E-state index in [2.05, 4.69) is 5.32 Å². The lowest BCUT2D eigenvalue weighted by molar-refractivity contribution is -0.193. The lowest BCUT2D eigenvalue weighted by atomic mass is 10.2. The molecule has 0 aromatic carbocycles. The van der Waals surface area contributed by atoms with Gasteiger partial charge in [-0.05, 0) is 32.1 Å². The van der Waals surface area contributed by atoms with Crippen molar-refractivity contribution in [1.82, 2.24) is 10.2 Å². The van der Waals surface area contributed by atoms with Gasteiger partial charge in [-0.25, -0.2) is 0 Å². The molecule has 1 saturated heterocycles. The van der Waals surface area contributed by atoms with E-state index < -0.39 is 11.7 Å². The molecule has 5 heteroatoms. The van der Waals surface area contributed by atoms with E-state index in [1.807, 2.05) is 0 Å². The summed E-state index contributed by atoms with van der Waals surface area (Å²) < 4.78 is 38.7. The smallest absolute Gasteiger partial charge is 0.310 e. The first kappa shape index (κ1) is 10.8. The van der Waals surface area contributed by atoms with Gasteiger partial charge in [0.1, 0.15) is 5.54 Å². The molecule has 0 bridgehead atoms. The Morgan fingerprint density at radius 1 is 1.06 bits per heavy atom. The molecule has 1 atom stereocenters. The maximum atomic E-state index is 12.9. The molecule has 0 spiro atoms. The second-order valence-corrected chi connectivity index (χ2v) is 5.40. The second-order valence-electron chi connectivity index (χ2n) is 5.40. The van der Waals surface area contributed by atoms with E-state index in [1.54, 1.807) is 4.90 Å². The molecule has 3 fully saturated rings. The van der Waals surface area contributed by atoms with Crippen molar-refractivity contribution in [2.24, 2.45) is 0 Å². The first-order valence-electron chi connectivity index (χ1n) is 6.09. The molecule has 2 aliphatic carbocycles. The highest BCUT2D eigenvalue weighted by Gasteiger charge is 2.67. The number of rotatable bonds is 3. The zero-order valence-electron chi connectivity index (χ0n) is 9.19. The van der Waals surface area contributed by atoms with Gasteiger partial charge >= 0.3 is 6.18 Å². The topological polar surface area (TPSA) is 15.3 Å². The van der Waals surface area contributed by atoms with Gasteiger partial charge in [0.05, 0.1) is 0 Å². The molecule has 92 valence electrons. The largest absolute Gasteiger partial charge is 0.406 e. The predicted molar refractivity (Wildman–Crippen MR) is 54.2 cm³/mol. The Hall–Kier alpha value is -0.290. The third-order valence-corrected chi connectivity index (χ3v) is 4.09. The monoisotopic (exact) mass is 234 g/mol. The fraction of sp³-hybridized carbons (Fsp3) is 1.00. The van der Waals surface area contributed by atoms with Crippen LogP contribution in [-0.2, 0) is 0 Å². The summed E-state index contributed by atoms with van der Waals surface area (Å²) in [6.45, 7) is 1.18. The summed E-state index contributed by atoms with van der Waals surface area (Å²) in [5.41, 5.74) is -1.45. The number of halogens is 3. The minimum atomic E-state index is -4.04. The number of nitrogens with zero attached hydrogens (tertiary/aromatic N) is 1. The average Bonchev–Trinajstić information content (AvgIpc) is 3.05. The molecule has 1 heterocycles. The van der Waals surface area contributed by atoms with Crippen LogP contribution in [0.15, 0.2) is 0 Å². The SMILES string of the molecule is FC(F)(F)C1(N2CCC(NC3CC3)C2)CC1. The van der Waals surface area contributed by atoms with Gasteiger partial charge in [-0.3, -0.25) is 4.90 Å². The standard InChI is InChI=1S/C11H17F3N2/c12-11(13,14)10(4-5-10)16-6-3-9(7-16)15-8-1-2-8/h8-9,15H,1-7H2. The highest BCUT2D eigenvalue weighted by Crippen LogP contribution is 2.54. The van der Waals surface area contributed by atoms with Crippen molar-refractivity contribution in [2.45, 2.75) is 55.9 Å². The van der Waals surface area contributed by atoms with Gasteiger partial charge in [0, 0.05) is 25.2 Å². The molecule has 16 heavy (non-hydrogen) atoms. The first-order valence-corrected chi connectivity index (χ1v) is 6.09. The lowest BCUT2D eigenvalue weighted by Gasteiger charge is -2.29. The van der Waals surface area contributed by atoms with Gasteiger partial charge < -0.3 is 5.32 Å². The maximum absolute atomic E-state index is 12.9. The highest BCUT2D eigenvalue weighted by molar-refractivity contribution is 5.11. The van der Waals surface area contributed by atoms with Crippen LogP contribution in [0.3, 0.4) is 0 Å². The molecule has 2 nitrogen and oxygen atoms in total. The third-order valence-electron chi connectivity index (χ3n) is 4.09. The second kappa shape index (κ2) is 3.35. The molecule has 1 aliphatic heterocycles. The van der Waals surface area contributed by atoms with E-state index in [4.69, 9.17) is 0 Å². The summed E-state index contributed by atoms with van der Waals surface area (Å²) in [7, 11) is 0. The van der Waals surface area contributed by atoms with Crippen molar-refractivity contribution in [3.63, 3.8) is 0 Å². The van der Waals surface area contributed by atoms with Crippen LogP contribution in [0.5, 0.6) is 0 Å². The molecular formula is C11H17F3N2. The van der Waals surface area contributed by atoms with Crippen molar-refractivity contribution in [3.8, 4) is 0 Å². The molecule has 0 amide bonds. The number of hydrogen-bond acceptors (Lipinski definition) is 2. The van der Waals surface area contributed by atoms with Crippen LogP contribution in [0.4, 0.5) is 13.2 Å². The molecule has 2 saturated carbocycles.